The molecule has 0 amide bonds. The molecular formula is C14H16ClN3O2. The normalized spacial score (nSPS) is 17.9. The Kier molecular flexibility index (Phi) is 3.50. The fraction of sp³-hybridized carbons (Fsp3) is 0.429. The molecule has 1 N–H and O–H groups in total. The third-order valence-electron chi connectivity index (χ3n) is 3.63. The number of likely N-dealkylation sites (tertiary alicyclic amines) is 1. The third kappa shape index (κ3) is 2.57. The monoisotopic (exact) mass is 293 g/mol. The van der Waals surface area contributed by atoms with Crippen LogP contribution in [0.5, 0.6) is 0 Å². The molecule has 0 bridgehead atoms. The minimum absolute atomic E-state index is 0.428. The van der Waals surface area contributed by atoms with Gasteiger partial charge in [-0.25, -0.2) is 0 Å². The summed E-state index contributed by atoms with van der Waals surface area (Å²) in [5, 5.41) is 14.5. The summed E-state index contributed by atoms with van der Waals surface area (Å²) in [4.78, 5) is 6.44. The highest BCUT2D eigenvalue weighted by Gasteiger charge is 2.39. The minimum atomic E-state index is -0.546. The second kappa shape index (κ2) is 5.16. The Bertz CT molecular complexity index is 608. The molecular weight excluding hydrogens is 278 g/mol. The lowest BCUT2D eigenvalue weighted by Crippen LogP contribution is -2.60. The summed E-state index contributed by atoms with van der Waals surface area (Å²) in [5.74, 6) is 1.04. The summed E-state index contributed by atoms with van der Waals surface area (Å²) in [6, 6.07) is 7.37. The third-order valence-corrected chi connectivity index (χ3v) is 3.96. The van der Waals surface area contributed by atoms with Crippen LogP contribution in [0.4, 0.5) is 0 Å². The van der Waals surface area contributed by atoms with E-state index in [1.807, 2.05) is 25.1 Å². The van der Waals surface area contributed by atoms with E-state index in [1.165, 1.54) is 0 Å². The van der Waals surface area contributed by atoms with Crippen molar-refractivity contribution in [2.24, 2.45) is 0 Å². The number of hydrogen-bond donors (Lipinski definition) is 1. The van der Waals surface area contributed by atoms with Crippen molar-refractivity contribution < 1.29 is 9.63 Å². The van der Waals surface area contributed by atoms with E-state index in [4.69, 9.17) is 16.1 Å². The van der Waals surface area contributed by atoms with E-state index in [0.29, 0.717) is 36.4 Å². The van der Waals surface area contributed by atoms with E-state index >= 15 is 0 Å². The van der Waals surface area contributed by atoms with Crippen molar-refractivity contribution in [3.8, 4) is 11.5 Å². The van der Waals surface area contributed by atoms with Gasteiger partial charge in [0.2, 0.25) is 0 Å². The maximum absolute atomic E-state index is 9.96. The van der Waals surface area contributed by atoms with Crippen molar-refractivity contribution >= 4 is 11.6 Å². The van der Waals surface area contributed by atoms with Gasteiger partial charge in [-0.15, -0.1) is 0 Å². The molecule has 1 aliphatic heterocycles. The molecule has 20 heavy (non-hydrogen) atoms. The number of aromatic nitrogens is 2. The predicted octanol–water partition coefficient (Wildman–Crippen LogP) is 2.35. The van der Waals surface area contributed by atoms with Crippen molar-refractivity contribution in [3.63, 3.8) is 0 Å². The summed E-state index contributed by atoms with van der Waals surface area (Å²) in [6.45, 7) is 3.87. The Morgan fingerprint density at radius 1 is 1.40 bits per heavy atom. The summed E-state index contributed by atoms with van der Waals surface area (Å²) in [6.07, 6.45) is 0.765. The predicted molar refractivity (Wildman–Crippen MR) is 75.3 cm³/mol. The van der Waals surface area contributed by atoms with Crippen molar-refractivity contribution in [1.82, 2.24) is 15.0 Å². The standard InChI is InChI=1S/C14H16ClN3O2/c1-2-14(19)8-18(9-14)7-12-16-13(20-17-12)10-5-3-4-6-11(10)15/h3-6,19H,2,7-9H2,1H3. The zero-order valence-electron chi connectivity index (χ0n) is 11.2. The van der Waals surface area contributed by atoms with Gasteiger partial charge in [0, 0.05) is 13.1 Å². The zero-order chi connectivity index (χ0) is 14.2. The quantitative estimate of drug-likeness (QED) is 0.937. The Morgan fingerprint density at radius 3 is 2.85 bits per heavy atom. The number of benzene rings is 1. The molecule has 3 rings (SSSR count). The van der Waals surface area contributed by atoms with Crippen molar-refractivity contribution in [2.75, 3.05) is 13.1 Å². The van der Waals surface area contributed by atoms with Gasteiger partial charge in [0.25, 0.3) is 5.89 Å². The van der Waals surface area contributed by atoms with Crippen LogP contribution in [0.15, 0.2) is 28.8 Å². The largest absolute Gasteiger partial charge is 0.387 e. The second-order valence-corrected chi connectivity index (χ2v) is 5.63. The van der Waals surface area contributed by atoms with Gasteiger partial charge < -0.3 is 9.63 Å². The molecule has 1 saturated heterocycles. The van der Waals surface area contributed by atoms with Crippen LogP contribution in [-0.4, -0.2) is 38.8 Å². The maximum atomic E-state index is 9.96. The molecule has 1 aromatic carbocycles. The molecule has 0 unspecified atom stereocenters. The first-order valence-electron chi connectivity index (χ1n) is 6.62. The minimum Gasteiger partial charge on any atom is -0.387 e. The number of aliphatic hydroxyl groups is 1. The van der Waals surface area contributed by atoms with Crippen LogP contribution < -0.4 is 0 Å². The van der Waals surface area contributed by atoms with E-state index in [1.54, 1.807) is 6.07 Å². The fourth-order valence-corrected chi connectivity index (χ4v) is 2.60. The van der Waals surface area contributed by atoms with Gasteiger partial charge in [0.15, 0.2) is 5.82 Å². The van der Waals surface area contributed by atoms with Gasteiger partial charge in [-0.05, 0) is 18.6 Å². The van der Waals surface area contributed by atoms with Gasteiger partial charge in [0.05, 0.1) is 22.7 Å². The highest BCUT2D eigenvalue weighted by Crippen LogP contribution is 2.28. The van der Waals surface area contributed by atoms with Gasteiger partial charge >= 0.3 is 0 Å². The van der Waals surface area contributed by atoms with Crippen LogP contribution in [0, 0.1) is 0 Å². The fourth-order valence-electron chi connectivity index (χ4n) is 2.38. The van der Waals surface area contributed by atoms with Crippen LogP contribution in [-0.2, 0) is 6.54 Å². The van der Waals surface area contributed by atoms with Crippen LogP contribution in [0.3, 0.4) is 0 Å². The molecule has 1 aliphatic rings. The summed E-state index contributed by atoms with van der Waals surface area (Å²) in [7, 11) is 0. The lowest BCUT2D eigenvalue weighted by molar-refractivity contribution is -0.104. The lowest BCUT2D eigenvalue weighted by Gasteiger charge is -2.45. The second-order valence-electron chi connectivity index (χ2n) is 5.22. The molecule has 2 heterocycles. The molecule has 0 atom stereocenters. The summed E-state index contributed by atoms with van der Waals surface area (Å²) in [5.41, 5.74) is 0.191. The first-order valence-corrected chi connectivity index (χ1v) is 7.00. The molecule has 1 aromatic heterocycles. The van der Waals surface area contributed by atoms with E-state index in [2.05, 4.69) is 15.0 Å². The average Bonchev–Trinajstić information content (AvgIpc) is 2.85. The number of β-amino-alcohol motifs (C(OH)–C–C–N with tert-alkyl or cyclic N) is 1. The highest BCUT2D eigenvalue weighted by atomic mass is 35.5. The van der Waals surface area contributed by atoms with Gasteiger partial charge in [-0.3, -0.25) is 4.90 Å². The van der Waals surface area contributed by atoms with E-state index in [9.17, 15) is 5.11 Å². The van der Waals surface area contributed by atoms with Gasteiger partial charge in [-0.1, -0.05) is 35.8 Å². The van der Waals surface area contributed by atoms with Gasteiger partial charge in [-0.2, -0.15) is 4.98 Å². The van der Waals surface area contributed by atoms with Crippen LogP contribution >= 0.6 is 11.6 Å². The summed E-state index contributed by atoms with van der Waals surface area (Å²) < 4.78 is 5.24. The topological polar surface area (TPSA) is 62.4 Å². The Hall–Kier alpha value is -1.43. The van der Waals surface area contributed by atoms with Crippen LogP contribution in [0.1, 0.15) is 19.2 Å². The molecule has 5 nitrogen and oxygen atoms in total. The number of rotatable bonds is 4. The molecule has 0 saturated carbocycles. The Morgan fingerprint density at radius 2 is 2.15 bits per heavy atom. The number of hydrogen-bond acceptors (Lipinski definition) is 5. The highest BCUT2D eigenvalue weighted by molar-refractivity contribution is 6.33. The van der Waals surface area contributed by atoms with Crippen LogP contribution in [0.2, 0.25) is 5.02 Å². The molecule has 6 heteroatoms. The molecule has 1 fully saturated rings. The number of nitrogens with zero attached hydrogens (tertiary/aromatic N) is 3. The molecule has 0 spiro atoms. The zero-order valence-corrected chi connectivity index (χ0v) is 12.0. The van der Waals surface area contributed by atoms with E-state index in [0.717, 1.165) is 12.0 Å². The average molecular weight is 294 g/mol. The van der Waals surface area contributed by atoms with E-state index in [-0.39, 0.29) is 0 Å². The van der Waals surface area contributed by atoms with Gasteiger partial charge in [0.1, 0.15) is 0 Å². The first-order chi connectivity index (χ1) is 9.59. The first kappa shape index (κ1) is 13.5. The van der Waals surface area contributed by atoms with E-state index < -0.39 is 5.60 Å². The Balaban J connectivity index is 1.68. The Labute approximate surface area is 122 Å². The van der Waals surface area contributed by atoms with Crippen molar-refractivity contribution in [1.29, 1.82) is 0 Å². The van der Waals surface area contributed by atoms with Crippen LogP contribution in [0.25, 0.3) is 11.5 Å². The number of halogens is 1. The summed E-state index contributed by atoms with van der Waals surface area (Å²) >= 11 is 6.10. The van der Waals surface area contributed by atoms with Crippen molar-refractivity contribution in [2.45, 2.75) is 25.5 Å². The SMILES string of the molecule is CCC1(O)CN(Cc2noc(-c3ccccc3Cl)n2)C1. The maximum Gasteiger partial charge on any atom is 0.259 e. The van der Waals surface area contributed by atoms with Crippen molar-refractivity contribution in [3.05, 3.63) is 35.1 Å². The smallest absolute Gasteiger partial charge is 0.259 e. The molecule has 0 aliphatic carbocycles. The lowest BCUT2D eigenvalue weighted by atomic mass is 9.91. The molecule has 2 aromatic rings. The molecule has 0 radical (unpaired) electrons. The molecule has 106 valence electrons.